The van der Waals surface area contributed by atoms with Gasteiger partial charge in [0.2, 0.25) is 0 Å². The minimum atomic E-state index is 0.544. The van der Waals surface area contributed by atoms with E-state index in [-0.39, 0.29) is 0 Å². The number of anilines is 1. The zero-order valence-corrected chi connectivity index (χ0v) is 14.6. The molecule has 0 aromatic heterocycles. The van der Waals surface area contributed by atoms with Gasteiger partial charge in [0.05, 0.1) is 0 Å². The maximum Gasteiger partial charge on any atom is 0.0485 e. The highest BCUT2D eigenvalue weighted by molar-refractivity contribution is 9.10. The van der Waals surface area contributed by atoms with Crippen LogP contribution in [0.25, 0.3) is 0 Å². The molecule has 0 aliphatic heterocycles. The molecule has 0 saturated carbocycles. The summed E-state index contributed by atoms with van der Waals surface area (Å²) in [5.74, 6) is 1.19. The number of nitrogens with zero attached hydrogens (tertiary/aromatic N) is 2. The van der Waals surface area contributed by atoms with E-state index in [1.807, 2.05) is 0 Å². The normalized spacial score (nSPS) is 11.4. The van der Waals surface area contributed by atoms with Gasteiger partial charge in [-0.05, 0) is 37.7 Å². The van der Waals surface area contributed by atoms with Crippen molar-refractivity contribution in [3.8, 4) is 0 Å². The van der Waals surface area contributed by atoms with Crippen molar-refractivity contribution in [3.05, 3.63) is 28.2 Å². The van der Waals surface area contributed by atoms with Crippen LogP contribution in [0.4, 0.5) is 5.69 Å². The van der Waals surface area contributed by atoms with Crippen molar-refractivity contribution < 1.29 is 0 Å². The minimum Gasteiger partial charge on any atom is -0.370 e. The van der Waals surface area contributed by atoms with E-state index in [4.69, 9.17) is 11.6 Å². The monoisotopic (exact) mass is 346 g/mol. The second-order valence-corrected chi connectivity index (χ2v) is 6.67. The lowest BCUT2D eigenvalue weighted by atomic mass is 10.1. The Hall–Kier alpha value is -0.250. The molecular formula is C15H24BrClN2. The van der Waals surface area contributed by atoms with Crippen LogP contribution in [0.2, 0.25) is 0 Å². The summed E-state index contributed by atoms with van der Waals surface area (Å²) < 4.78 is 1.10. The van der Waals surface area contributed by atoms with E-state index in [1.165, 1.54) is 5.69 Å². The molecule has 0 saturated heterocycles. The molecule has 0 N–H and O–H groups in total. The molecule has 0 amide bonds. The van der Waals surface area contributed by atoms with Crippen LogP contribution in [-0.4, -0.2) is 38.6 Å². The first-order chi connectivity index (χ1) is 8.93. The summed E-state index contributed by atoms with van der Waals surface area (Å²) in [5.41, 5.74) is 2.40. The van der Waals surface area contributed by atoms with Crippen LogP contribution >= 0.6 is 27.5 Å². The summed E-state index contributed by atoms with van der Waals surface area (Å²) in [5, 5.41) is 0. The van der Waals surface area contributed by atoms with Gasteiger partial charge in [-0.25, -0.2) is 0 Å². The molecule has 1 rings (SSSR count). The van der Waals surface area contributed by atoms with Crippen molar-refractivity contribution in [1.29, 1.82) is 0 Å². The Morgan fingerprint density at radius 3 is 2.37 bits per heavy atom. The largest absolute Gasteiger partial charge is 0.370 e. The fraction of sp³-hybridized carbons (Fsp3) is 0.600. The molecule has 4 heteroatoms. The zero-order chi connectivity index (χ0) is 14.4. The lowest BCUT2D eigenvalue weighted by Gasteiger charge is -2.28. The highest BCUT2D eigenvalue weighted by Crippen LogP contribution is 2.25. The molecule has 0 heterocycles. The number of rotatable bonds is 7. The Kier molecular flexibility index (Phi) is 7.19. The van der Waals surface area contributed by atoms with Gasteiger partial charge in [0.25, 0.3) is 0 Å². The van der Waals surface area contributed by atoms with Gasteiger partial charge in [-0.15, -0.1) is 11.6 Å². The SMILES string of the molecule is CC(C)CN(CCN(C)C)c1ccc(CCl)c(Br)c1. The van der Waals surface area contributed by atoms with E-state index >= 15 is 0 Å². The van der Waals surface area contributed by atoms with Crippen LogP contribution < -0.4 is 4.90 Å². The number of benzene rings is 1. The highest BCUT2D eigenvalue weighted by Gasteiger charge is 2.10. The van der Waals surface area contributed by atoms with Crippen LogP contribution in [0.1, 0.15) is 19.4 Å². The van der Waals surface area contributed by atoms with Gasteiger partial charge in [0, 0.05) is 35.7 Å². The lowest BCUT2D eigenvalue weighted by molar-refractivity contribution is 0.409. The van der Waals surface area contributed by atoms with E-state index in [9.17, 15) is 0 Å². The van der Waals surface area contributed by atoms with Gasteiger partial charge in [0.1, 0.15) is 0 Å². The number of alkyl halides is 1. The second-order valence-electron chi connectivity index (χ2n) is 5.55. The molecule has 0 atom stereocenters. The van der Waals surface area contributed by atoms with Crippen molar-refractivity contribution in [2.75, 3.05) is 38.6 Å². The molecule has 1 aromatic carbocycles. The maximum absolute atomic E-state index is 5.90. The summed E-state index contributed by atoms with van der Waals surface area (Å²) in [6.07, 6.45) is 0. The first-order valence-corrected chi connectivity index (χ1v) is 8.01. The third-order valence-corrected chi connectivity index (χ3v) is 3.97. The molecular weight excluding hydrogens is 324 g/mol. The van der Waals surface area contributed by atoms with Gasteiger partial charge in [0.15, 0.2) is 0 Å². The van der Waals surface area contributed by atoms with Crippen molar-refractivity contribution in [2.24, 2.45) is 5.92 Å². The molecule has 0 bridgehead atoms. The van der Waals surface area contributed by atoms with Crippen LogP contribution in [0.3, 0.4) is 0 Å². The number of hydrogen-bond acceptors (Lipinski definition) is 2. The summed E-state index contributed by atoms with van der Waals surface area (Å²) in [6.45, 7) is 7.68. The summed E-state index contributed by atoms with van der Waals surface area (Å²) in [4.78, 5) is 4.66. The predicted octanol–water partition coefficient (Wildman–Crippen LogP) is 4.21. The molecule has 0 radical (unpaired) electrons. The average Bonchev–Trinajstić information content (AvgIpc) is 2.33. The number of hydrogen-bond donors (Lipinski definition) is 0. The molecule has 0 fully saturated rings. The van der Waals surface area contributed by atoms with Gasteiger partial charge in [-0.1, -0.05) is 35.8 Å². The molecule has 0 unspecified atom stereocenters. The van der Waals surface area contributed by atoms with E-state index < -0.39 is 0 Å². The molecule has 0 spiro atoms. The highest BCUT2D eigenvalue weighted by atomic mass is 79.9. The number of halogens is 2. The fourth-order valence-electron chi connectivity index (χ4n) is 1.93. The van der Waals surface area contributed by atoms with Gasteiger partial charge < -0.3 is 9.80 Å². The molecule has 2 nitrogen and oxygen atoms in total. The first kappa shape index (κ1) is 16.8. The smallest absolute Gasteiger partial charge is 0.0485 e. The lowest BCUT2D eigenvalue weighted by Crippen LogP contribution is -2.34. The third-order valence-electron chi connectivity index (χ3n) is 2.95. The van der Waals surface area contributed by atoms with Crippen molar-refractivity contribution in [3.63, 3.8) is 0 Å². The fourth-order valence-corrected chi connectivity index (χ4v) is 2.83. The standard InChI is InChI=1S/C15H24BrClN2/c1-12(2)11-19(8-7-18(3)4)14-6-5-13(10-17)15(16)9-14/h5-6,9,12H,7-8,10-11H2,1-4H3. The second kappa shape index (κ2) is 8.13. The Labute approximate surface area is 130 Å². The minimum absolute atomic E-state index is 0.544. The van der Waals surface area contributed by atoms with Crippen LogP contribution in [-0.2, 0) is 5.88 Å². The average molecular weight is 348 g/mol. The first-order valence-electron chi connectivity index (χ1n) is 6.68. The van der Waals surface area contributed by atoms with Crippen molar-refractivity contribution >= 4 is 33.2 Å². The van der Waals surface area contributed by atoms with E-state index in [0.29, 0.717) is 11.8 Å². The summed E-state index contributed by atoms with van der Waals surface area (Å²) >= 11 is 9.50. The Morgan fingerprint density at radius 2 is 1.89 bits per heavy atom. The Morgan fingerprint density at radius 1 is 1.21 bits per heavy atom. The molecule has 108 valence electrons. The van der Waals surface area contributed by atoms with Gasteiger partial charge in [-0.2, -0.15) is 0 Å². The molecule has 19 heavy (non-hydrogen) atoms. The van der Waals surface area contributed by atoms with Crippen LogP contribution in [0.5, 0.6) is 0 Å². The predicted molar refractivity (Wildman–Crippen MR) is 89.3 cm³/mol. The quantitative estimate of drug-likeness (QED) is 0.682. The van der Waals surface area contributed by atoms with E-state index in [1.54, 1.807) is 0 Å². The molecule has 0 aliphatic rings. The zero-order valence-electron chi connectivity index (χ0n) is 12.3. The molecule has 1 aromatic rings. The van der Waals surface area contributed by atoms with Crippen LogP contribution in [0, 0.1) is 5.92 Å². The van der Waals surface area contributed by atoms with E-state index in [2.05, 4.69) is 71.9 Å². The Bertz CT molecular complexity index is 394. The summed E-state index contributed by atoms with van der Waals surface area (Å²) in [6, 6.07) is 6.45. The number of likely N-dealkylation sites (N-methyl/N-ethyl adjacent to an activating group) is 1. The molecule has 0 aliphatic carbocycles. The van der Waals surface area contributed by atoms with Gasteiger partial charge in [-0.3, -0.25) is 0 Å². The van der Waals surface area contributed by atoms with Gasteiger partial charge >= 0.3 is 0 Å². The van der Waals surface area contributed by atoms with E-state index in [0.717, 1.165) is 29.7 Å². The van der Waals surface area contributed by atoms with Crippen LogP contribution in [0.15, 0.2) is 22.7 Å². The van der Waals surface area contributed by atoms with Crippen molar-refractivity contribution in [2.45, 2.75) is 19.7 Å². The third kappa shape index (κ3) is 5.72. The Balaban J connectivity index is 2.86. The summed E-state index contributed by atoms with van der Waals surface area (Å²) in [7, 11) is 4.22. The topological polar surface area (TPSA) is 6.48 Å². The maximum atomic E-state index is 5.90. The van der Waals surface area contributed by atoms with Crippen molar-refractivity contribution in [1.82, 2.24) is 4.90 Å².